The van der Waals surface area contributed by atoms with Gasteiger partial charge in [0.25, 0.3) is 0 Å². The minimum atomic E-state index is -3.99. The Morgan fingerprint density at radius 2 is 2.20 bits per heavy atom. The topological polar surface area (TPSA) is 96.0 Å². The van der Waals surface area contributed by atoms with Crippen molar-refractivity contribution in [2.24, 2.45) is 10.9 Å². The summed E-state index contributed by atoms with van der Waals surface area (Å²) in [4.78, 5) is -0.422. The van der Waals surface area contributed by atoms with Gasteiger partial charge in [0.2, 0.25) is 10.0 Å². The summed E-state index contributed by atoms with van der Waals surface area (Å²) in [6.07, 6.45) is 0.0321. The third kappa shape index (κ3) is 3.68. The predicted molar refractivity (Wildman–Crippen MR) is 76.5 cm³/mol. The molecule has 1 rings (SSSR count). The molecule has 1 unspecified atom stereocenters. The number of amidine groups is 1. The van der Waals surface area contributed by atoms with Gasteiger partial charge in [-0.05, 0) is 25.1 Å². The van der Waals surface area contributed by atoms with Crippen LogP contribution >= 0.6 is 15.9 Å². The number of hydrogen-bond donors (Lipinski definition) is 2. The molecule has 0 aliphatic heterocycles. The molecule has 0 fully saturated rings. The van der Waals surface area contributed by atoms with Crippen molar-refractivity contribution < 1.29 is 18.0 Å². The van der Waals surface area contributed by atoms with Gasteiger partial charge in [0, 0.05) is 24.0 Å². The van der Waals surface area contributed by atoms with E-state index < -0.39 is 26.8 Å². The lowest BCUT2D eigenvalue weighted by atomic mass is 10.2. The van der Waals surface area contributed by atoms with Gasteiger partial charge in [0.1, 0.15) is 16.5 Å². The molecule has 0 bridgehead atoms. The van der Waals surface area contributed by atoms with Gasteiger partial charge >= 0.3 is 0 Å². The maximum atomic E-state index is 13.8. The average Bonchev–Trinajstić information content (AvgIpc) is 2.36. The molecule has 0 spiro atoms. The number of hydrogen-bond acceptors (Lipinski definition) is 4. The number of sulfonamides is 1. The van der Waals surface area contributed by atoms with E-state index in [1.807, 2.05) is 0 Å². The van der Waals surface area contributed by atoms with Gasteiger partial charge in [0.05, 0.1) is 0 Å². The highest BCUT2D eigenvalue weighted by molar-refractivity contribution is 9.10. The highest BCUT2D eigenvalue weighted by Crippen LogP contribution is 2.23. The van der Waals surface area contributed by atoms with E-state index in [0.717, 1.165) is 10.4 Å². The lowest BCUT2D eigenvalue weighted by molar-refractivity contribution is 0.313. The van der Waals surface area contributed by atoms with Crippen LogP contribution in [0.4, 0.5) is 4.39 Å². The van der Waals surface area contributed by atoms with E-state index in [0.29, 0.717) is 4.47 Å². The molecule has 0 aliphatic carbocycles. The summed E-state index contributed by atoms with van der Waals surface area (Å²) in [6.45, 7) is 1.58. The predicted octanol–water partition coefficient (Wildman–Crippen LogP) is 1.73. The second-order valence-electron chi connectivity index (χ2n) is 4.24. The first-order valence-corrected chi connectivity index (χ1v) is 7.83. The Labute approximate surface area is 125 Å². The molecule has 3 N–H and O–H groups in total. The van der Waals surface area contributed by atoms with Crippen molar-refractivity contribution in [3.05, 3.63) is 28.5 Å². The Balaban J connectivity index is 3.09. The first-order valence-electron chi connectivity index (χ1n) is 5.59. The zero-order valence-corrected chi connectivity index (χ0v) is 13.3. The van der Waals surface area contributed by atoms with Crippen LogP contribution in [0.2, 0.25) is 0 Å². The van der Waals surface area contributed by atoms with E-state index in [1.54, 1.807) is 6.92 Å². The Kier molecular flexibility index (Phi) is 5.49. The largest absolute Gasteiger partial charge is 0.409 e. The first kappa shape index (κ1) is 16.9. The molecule has 0 amide bonds. The fourth-order valence-corrected chi connectivity index (χ4v) is 3.29. The summed E-state index contributed by atoms with van der Waals surface area (Å²) in [5.74, 6) is -0.946. The quantitative estimate of drug-likeness (QED) is 0.358. The van der Waals surface area contributed by atoms with Gasteiger partial charge in [-0.3, -0.25) is 0 Å². The van der Waals surface area contributed by atoms with Gasteiger partial charge in [-0.1, -0.05) is 21.1 Å². The second-order valence-corrected chi connectivity index (χ2v) is 7.12. The zero-order chi connectivity index (χ0) is 15.5. The van der Waals surface area contributed by atoms with Crippen LogP contribution in [0.25, 0.3) is 0 Å². The molecule has 0 aliphatic rings. The Hall–Kier alpha value is -1.19. The molecule has 20 heavy (non-hydrogen) atoms. The number of benzene rings is 1. The summed E-state index contributed by atoms with van der Waals surface area (Å²) >= 11 is 3.06. The molecule has 1 atom stereocenters. The van der Waals surface area contributed by atoms with Crippen LogP contribution in [-0.4, -0.2) is 36.9 Å². The lowest BCUT2D eigenvalue weighted by Crippen LogP contribution is -2.38. The van der Waals surface area contributed by atoms with Gasteiger partial charge < -0.3 is 10.9 Å². The molecule has 6 nitrogen and oxygen atoms in total. The number of oxime groups is 1. The highest BCUT2D eigenvalue weighted by atomic mass is 79.9. The molecule has 9 heteroatoms. The third-order valence-electron chi connectivity index (χ3n) is 2.80. The van der Waals surface area contributed by atoms with Gasteiger partial charge in [-0.2, -0.15) is 4.31 Å². The van der Waals surface area contributed by atoms with Gasteiger partial charge in [-0.15, -0.1) is 0 Å². The molecule has 0 heterocycles. The number of rotatable bonds is 5. The monoisotopic (exact) mass is 367 g/mol. The Bertz CT molecular complexity index is 621. The maximum Gasteiger partial charge on any atom is 0.245 e. The van der Waals surface area contributed by atoms with Crippen molar-refractivity contribution in [3.63, 3.8) is 0 Å². The summed E-state index contributed by atoms with van der Waals surface area (Å²) in [6, 6.07) is 3.12. The summed E-state index contributed by atoms with van der Waals surface area (Å²) < 4.78 is 39.8. The average molecular weight is 368 g/mol. The molecule has 0 radical (unpaired) electrons. The van der Waals surface area contributed by atoms with Crippen LogP contribution in [-0.2, 0) is 10.0 Å². The highest BCUT2D eigenvalue weighted by Gasteiger charge is 2.28. The lowest BCUT2D eigenvalue weighted by Gasteiger charge is -2.24. The number of halogens is 2. The fraction of sp³-hybridized carbons (Fsp3) is 0.364. The van der Waals surface area contributed by atoms with E-state index in [9.17, 15) is 12.8 Å². The maximum absolute atomic E-state index is 13.8. The number of nitrogens with zero attached hydrogens (tertiary/aromatic N) is 2. The molecule has 1 aromatic rings. The van der Waals surface area contributed by atoms with Crippen LogP contribution < -0.4 is 5.73 Å². The molecule has 0 saturated heterocycles. The minimum absolute atomic E-state index is 0.0321. The summed E-state index contributed by atoms with van der Waals surface area (Å²) in [7, 11) is -2.68. The van der Waals surface area contributed by atoms with Crippen molar-refractivity contribution in [1.29, 1.82) is 0 Å². The molecular weight excluding hydrogens is 353 g/mol. The molecule has 112 valence electrons. The van der Waals surface area contributed by atoms with Gasteiger partial charge in [-0.25, -0.2) is 12.8 Å². The smallest absolute Gasteiger partial charge is 0.245 e. The van der Waals surface area contributed by atoms with Crippen LogP contribution in [0.15, 0.2) is 32.7 Å². The summed E-state index contributed by atoms with van der Waals surface area (Å²) in [5.41, 5.74) is 5.34. The van der Waals surface area contributed by atoms with Crippen molar-refractivity contribution in [2.45, 2.75) is 24.3 Å². The second kappa shape index (κ2) is 6.51. The normalized spacial score (nSPS) is 14.6. The van der Waals surface area contributed by atoms with E-state index in [-0.39, 0.29) is 12.3 Å². The Morgan fingerprint density at radius 3 is 2.70 bits per heavy atom. The molecule has 1 aromatic carbocycles. The van der Waals surface area contributed by atoms with Crippen molar-refractivity contribution >= 4 is 31.8 Å². The van der Waals surface area contributed by atoms with Gasteiger partial charge in [0.15, 0.2) is 0 Å². The standard InChI is InChI=1S/C11H15BrFN3O3S/c1-7(5-11(14)15-17)16(2)20(18,19)10-4-3-8(12)6-9(10)13/h3-4,6-7,17H,5H2,1-2H3,(H2,14,15). The van der Waals surface area contributed by atoms with E-state index in [1.165, 1.54) is 19.2 Å². The van der Waals surface area contributed by atoms with E-state index in [4.69, 9.17) is 10.9 Å². The molecule has 0 saturated carbocycles. The number of nitrogens with two attached hydrogens (primary N) is 1. The molecule has 0 aromatic heterocycles. The Morgan fingerprint density at radius 1 is 1.60 bits per heavy atom. The van der Waals surface area contributed by atoms with Crippen LogP contribution in [0.1, 0.15) is 13.3 Å². The van der Waals surface area contributed by atoms with E-state index in [2.05, 4.69) is 21.1 Å². The van der Waals surface area contributed by atoms with Crippen molar-refractivity contribution in [1.82, 2.24) is 4.31 Å². The fourth-order valence-electron chi connectivity index (χ4n) is 1.55. The van der Waals surface area contributed by atoms with Crippen LogP contribution in [0, 0.1) is 5.82 Å². The third-order valence-corrected chi connectivity index (χ3v) is 5.30. The SMILES string of the molecule is CC(C/C(N)=N/O)N(C)S(=O)(=O)c1ccc(Br)cc1F. The van der Waals surface area contributed by atoms with Crippen LogP contribution in [0.3, 0.4) is 0 Å². The van der Waals surface area contributed by atoms with E-state index >= 15 is 0 Å². The minimum Gasteiger partial charge on any atom is -0.409 e. The summed E-state index contributed by atoms with van der Waals surface area (Å²) in [5, 5.41) is 11.3. The zero-order valence-electron chi connectivity index (χ0n) is 10.9. The van der Waals surface area contributed by atoms with Crippen molar-refractivity contribution in [2.75, 3.05) is 7.05 Å². The van der Waals surface area contributed by atoms with Crippen LogP contribution in [0.5, 0.6) is 0 Å². The van der Waals surface area contributed by atoms with Crippen molar-refractivity contribution in [3.8, 4) is 0 Å². The molecular formula is C11H15BrFN3O3S. The first-order chi connectivity index (χ1) is 9.20.